The molecule has 0 spiro atoms. The normalized spacial score (nSPS) is 10.7. The third-order valence-electron chi connectivity index (χ3n) is 3.09. The van der Waals surface area contributed by atoms with Gasteiger partial charge < -0.3 is 15.2 Å². The van der Waals surface area contributed by atoms with Crippen LogP contribution in [0.2, 0.25) is 0 Å². The average molecular weight is 270 g/mol. The van der Waals surface area contributed by atoms with Gasteiger partial charge in [0, 0.05) is 17.8 Å². The average Bonchev–Trinajstić information content (AvgIpc) is 2.84. The Morgan fingerprint density at radius 3 is 2.70 bits per heavy atom. The molecule has 6 nitrogen and oxygen atoms in total. The summed E-state index contributed by atoms with van der Waals surface area (Å²) in [6.45, 7) is 0. The molecule has 2 N–H and O–H groups in total. The van der Waals surface area contributed by atoms with Crippen molar-refractivity contribution in [2.45, 2.75) is 0 Å². The smallest absolute Gasteiger partial charge is 0.156 e. The molecule has 20 heavy (non-hydrogen) atoms. The van der Waals surface area contributed by atoms with E-state index in [4.69, 9.17) is 15.2 Å². The summed E-state index contributed by atoms with van der Waals surface area (Å²) in [4.78, 5) is 4.50. The van der Waals surface area contributed by atoms with E-state index in [0.29, 0.717) is 28.7 Å². The summed E-state index contributed by atoms with van der Waals surface area (Å²) in [5, 5.41) is 4.18. The number of nitrogens with zero attached hydrogens (tertiary/aromatic N) is 3. The van der Waals surface area contributed by atoms with Crippen LogP contribution < -0.4 is 15.2 Å². The van der Waals surface area contributed by atoms with E-state index in [-0.39, 0.29) is 0 Å². The quantitative estimate of drug-likeness (QED) is 0.787. The molecule has 0 radical (unpaired) electrons. The first-order valence-electron chi connectivity index (χ1n) is 6.06. The van der Waals surface area contributed by atoms with Gasteiger partial charge in [0.2, 0.25) is 0 Å². The van der Waals surface area contributed by atoms with Gasteiger partial charge in [0.05, 0.1) is 14.2 Å². The molecular formula is C14H14N4O2. The monoisotopic (exact) mass is 270 g/mol. The van der Waals surface area contributed by atoms with Crippen LogP contribution in [-0.4, -0.2) is 28.8 Å². The maximum Gasteiger partial charge on any atom is 0.156 e. The maximum absolute atomic E-state index is 6.12. The zero-order chi connectivity index (χ0) is 14.1. The summed E-state index contributed by atoms with van der Waals surface area (Å²) < 4.78 is 12.2. The van der Waals surface area contributed by atoms with Crippen molar-refractivity contribution in [3.8, 4) is 22.8 Å². The number of aromatic nitrogens is 3. The molecule has 2 heterocycles. The van der Waals surface area contributed by atoms with Crippen LogP contribution in [0, 0.1) is 0 Å². The first-order chi connectivity index (χ1) is 9.74. The van der Waals surface area contributed by atoms with Gasteiger partial charge in [0.15, 0.2) is 11.5 Å². The third-order valence-corrected chi connectivity index (χ3v) is 3.09. The lowest BCUT2D eigenvalue weighted by Gasteiger charge is -2.09. The summed E-state index contributed by atoms with van der Waals surface area (Å²) in [7, 11) is 3.21. The Balaban J connectivity index is 2.22. The molecule has 0 saturated heterocycles. The molecular weight excluding hydrogens is 256 g/mol. The number of hydrogen-bond acceptors (Lipinski definition) is 5. The summed E-state index contributed by atoms with van der Waals surface area (Å²) in [6.07, 6.45) is 1.67. The number of ether oxygens (including phenoxy) is 2. The lowest BCUT2D eigenvalue weighted by Crippen LogP contribution is -1.98. The number of methoxy groups -OCH3 is 2. The Labute approximate surface area is 115 Å². The minimum absolute atomic E-state index is 0.476. The molecule has 3 aromatic rings. The molecule has 0 atom stereocenters. The van der Waals surface area contributed by atoms with E-state index in [0.717, 1.165) is 5.56 Å². The molecule has 1 aromatic carbocycles. The second-order valence-electron chi connectivity index (χ2n) is 4.21. The fourth-order valence-electron chi connectivity index (χ4n) is 2.10. The largest absolute Gasteiger partial charge is 0.497 e. The predicted molar refractivity (Wildman–Crippen MR) is 75.9 cm³/mol. The first-order valence-corrected chi connectivity index (χ1v) is 6.06. The van der Waals surface area contributed by atoms with Gasteiger partial charge in [-0.15, -0.1) is 0 Å². The number of rotatable bonds is 3. The van der Waals surface area contributed by atoms with Crippen molar-refractivity contribution in [1.29, 1.82) is 0 Å². The van der Waals surface area contributed by atoms with Crippen molar-refractivity contribution in [2.75, 3.05) is 20.0 Å². The number of nitrogens with two attached hydrogens (primary N) is 1. The Hall–Kier alpha value is -2.76. The summed E-state index contributed by atoms with van der Waals surface area (Å²) in [6, 6.07) is 9.18. The van der Waals surface area contributed by atoms with Crippen LogP contribution in [0.5, 0.6) is 11.5 Å². The number of benzene rings is 1. The molecule has 0 amide bonds. The third kappa shape index (κ3) is 1.82. The molecule has 0 aliphatic carbocycles. The predicted octanol–water partition coefficient (Wildman–Crippen LogP) is 2.00. The molecule has 102 valence electrons. The van der Waals surface area contributed by atoms with Gasteiger partial charge in [0.25, 0.3) is 0 Å². The van der Waals surface area contributed by atoms with Crippen molar-refractivity contribution in [3.63, 3.8) is 0 Å². The van der Waals surface area contributed by atoms with E-state index >= 15 is 0 Å². The Morgan fingerprint density at radius 2 is 2.00 bits per heavy atom. The topological polar surface area (TPSA) is 74.7 Å². The van der Waals surface area contributed by atoms with E-state index in [1.54, 1.807) is 31.0 Å². The van der Waals surface area contributed by atoms with Gasteiger partial charge in [-0.3, -0.25) is 0 Å². The Bertz CT molecular complexity index is 767. The molecule has 0 bridgehead atoms. The molecule has 0 aliphatic rings. The van der Waals surface area contributed by atoms with E-state index in [9.17, 15) is 0 Å². The molecule has 2 aromatic heterocycles. The highest BCUT2D eigenvalue weighted by molar-refractivity contribution is 5.79. The highest BCUT2D eigenvalue weighted by Crippen LogP contribution is 2.35. The van der Waals surface area contributed by atoms with Crippen molar-refractivity contribution >= 4 is 11.5 Å². The number of anilines is 1. The second kappa shape index (κ2) is 4.73. The highest BCUT2D eigenvalue weighted by atomic mass is 16.5. The van der Waals surface area contributed by atoms with E-state index in [1.807, 2.05) is 24.3 Å². The molecule has 0 saturated carbocycles. The number of imidazole rings is 1. The lowest BCUT2D eigenvalue weighted by molar-refractivity contribution is 0.395. The van der Waals surface area contributed by atoms with Crippen LogP contribution >= 0.6 is 0 Å². The van der Waals surface area contributed by atoms with Gasteiger partial charge in [-0.25, -0.2) is 4.98 Å². The molecule has 6 heteroatoms. The summed E-state index contributed by atoms with van der Waals surface area (Å²) in [5.41, 5.74) is 8.25. The molecule has 0 aliphatic heterocycles. The maximum atomic E-state index is 6.12. The van der Waals surface area contributed by atoms with E-state index in [2.05, 4.69) is 10.1 Å². The van der Waals surface area contributed by atoms with Crippen LogP contribution in [0.15, 0.2) is 36.5 Å². The minimum Gasteiger partial charge on any atom is -0.497 e. The van der Waals surface area contributed by atoms with Crippen molar-refractivity contribution in [2.24, 2.45) is 0 Å². The fraction of sp³-hybridized carbons (Fsp3) is 0.143. The van der Waals surface area contributed by atoms with Gasteiger partial charge in [-0.2, -0.15) is 9.61 Å². The Kier molecular flexibility index (Phi) is 2.90. The van der Waals surface area contributed by atoms with Gasteiger partial charge in [0.1, 0.15) is 17.2 Å². The second-order valence-corrected chi connectivity index (χ2v) is 4.21. The van der Waals surface area contributed by atoms with Crippen LogP contribution in [0.4, 0.5) is 5.82 Å². The van der Waals surface area contributed by atoms with E-state index < -0.39 is 0 Å². The van der Waals surface area contributed by atoms with Crippen LogP contribution in [-0.2, 0) is 0 Å². The zero-order valence-corrected chi connectivity index (χ0v) is 11.2. The first kappa shape index (κ1) is 12.3. The number of hydrogen-bond donors (Lipinski definition) is 1. The Morgan fingerprint density at radius 1 is 1.15 bits per heavy atom. The van der Waals surface area contributed by atoms with Crippen LogP contribution in [0.1, 0.15) is 0 Å². The molecule has 0 unspecified atom stereocenters. The lowest BCUT2D eigenvalue weighted by atomic mass is 10.1. The van der Waals surface area contributed by atoms with Crippen molar-refractivity contribution in [3.05, 3.63) is 36.5 Å². The van der Waals surface area contributed by atoms with Gasteiger partial charge in [-0.05, 0) is 24.3 Å². The molecule has 0 fully saturated rings. The van der Waals surface area contributed by atoms with Gasteiger partial charge in [-0.1, -0.05) is 0 Å². The van der Waals surface area contributed by atoms with Crippen molar-refractivity contribution in [1.82, 2.24) is 14.6 Å². The van der Waals surface area contributed by atoms with Crippen LogP contribution in [0.3, 0.4) is 0 Å². The SMILES string of the molecule is COc1ccc(-c2nc3cccnn3c2N)c(OC)c1. The zero-order valence-electron chi connectivity index (χ0n) is 11.2. The summed E-state index contributed by atoms with van der Waals surface area (Å²) in [5.74, 6) is 1.84. The van der Waals surface area contributed by atoms with Crippen LogP contribution in [0.25, 0.3) is 16.9 Å². The van der Waals surface area contributed by atoms with Crippen molar-refractivity contribution < 1.29 is 9.47 Å². The highest BCUT2D eigenvalue weighted by Gasteiger charge is 2.16. The number of fused-ring (bicyclic) bond motifs is 1. The molecule has 3 rings (SSSR count). The standard InChI is InChI=1S/C14H14N4O2/c1-19-9-5-6-10(11(8-9)20-2)13-14(15)18-12(17-13)4-3-7-16-18/h3-8H,15H2,1-2H3. The van der Waals surface area contributed by atoms with Gasteiger partial charge >= 0.3 is 0 Å². The summed E-state index contributed by atoms with van der Waals surface area (Å²) >= 11 is 0. The fourth-order valence-corrected chi connectivity index (χ4v) is 2.10. The minimum atomic E-state index is 0.476. The number of nitrogen functional groups attached to an aromatic ring is 1. The van der Waals surface area contributed by atoms with E-state index in [1.165, 1.54) is 0 Å².